The van der Waals surface area contributed by atoms with Crippen molar-refractivity contribution < 1.29 is 4.79 Å². The van der Waals surface area contributed by atoms with E-state index in [1.165, 1.54) is 0 Å². The average Bonchev–Trinajstić information content (AvgIpc) is 2.45. The first-order chi connectivity index (χ1) is 10.8. The maximum Gasteiger partial charge on any atom is 0.254 e. The van der Waals surface area contributed by atoms with Crippen LogP contribution in [0.25, 0.3) is 0 Å². The van der Waals surface area contributed by atoms with Crippen molar-refractivity contribution in [3.05, 3.63) is 61.7 Å². The molecule has 1 heterocycles. The van der Waals surface area contributed by atoms with Crippen LogP contribution in [-0.2, 0) is 17.6 Å². The van der Waals surface area contributed by atoms with E-state index in [0.29, 0.717) is 17.1 Å². The fraction of sp³-hybridized carbons (Fsp3) is 0.353. The molecule has 23 heavy (non-hydrogen) atoms. The molecule has 0 aliphatic heterocycles. The highest BCUT2D eigenvalue weighted by Gasteiger charge is 2.14. The number of aromatic amines is 1. The zero-order chi connectivity index (χ0) is 17.0. The van der Waals surface area contributed by atoms with Gasteiger partial charge in [0, 0.05) is 21.8 Å². The lowest BCUT2D eigenvalue weighted by molar-refractivity contribution is -0.121. The van der Waals surface area contributed by atoms with Crippen molar-refractivity contribution in [3.8, 4) is 0 Å². The topological polar surface area (TPSA) is 74.8 Å². The highest BCUT2D eigenvalue weighted by atomic mass is 79.9. The minimum Gasteiger partial charge on any atom is -0.353 e. The van der Waals surface area contributed by atoms with Crippen molar-refractivity contribution in [2.24, 2.45) is 0 Å². The second-order valence-electron chi connectivity index (χ2n) is 5.69. The van der Waals surface area contributed by atoms with Gasteiger partial charge in [-0.1, -0.05) is 28.1 Å². The number of rotatable bonds is 5. The molecule has 1 aromatic heterocycles. The van der Waals surface area contributed by atoms with Gasteiger partial charge in [-0.3, -0.25) is 9.59 Å². The van der Waals surface area contributed by atoms with E-state index in [1.54, 1.807) is 13.8 Å². The van der Waals surface area contributed by atoms with Gasteiger partial charge in [0.2, 0.25) is 5.91 Å². The molecule has 0 unspecified atom stereocenters. The Kier molecular flexibility index (Phi) is 5.71. The largest absolute Gasteiger partial charge is 0.353 e. The molecule has 2 aromatic rings. The van der Waals surface area contributed by atoms with Crippen LogP contribution in [0.1, 0.15) is 29.6 Å². The number of carbonyl (C=O) groups excluding carboxylic acids is 1. The lowest BCUT2D eigenvalue weighted by atomic mass is 10.1. The SMILES string of the molecule is Cc1nc(C)c(CC(=O)N[C@H](C)Cc2ccc(Br)cc2)c(=O)[nH]1. The summed E-state index contributed by atoms with van der Waals surface area (Å²) in [6.45, 7) is 5.42. The van der Waals surface area contributed by atoms with Gasteiger partial charge in [0.1, 0.15) is 5.82 Å². The number of aromatic nitrogens is 2. The Morgan fingerprint density at radius 1 is 1.30 bits per heavy atom. The highest BCUT2D eigenvalue weighted by molar-refractivity contribution is 9.10. The number of amides is 1. The van der Waals surface area contributed by atoms with E-state index in [9.17, 15) is 9.59 Å². The van der Waals surface area contributed by atoms with E-state index in [1.807, 2.05) is 31.2 Å². The van der Waals surface area contributed by atoms with Crippen LogP contribution in [0.2, 0.25) is 0 Å². The smallest absolute Gasteiger partial charge is 0.254 e. The molecule has 0 bridgehead atoms. The van der Waals surface area contributed by atoms with Crippen LogP contribution >= 0.6 is 15.9 Å². The molecule has 0 saturated heterocycles. The highest BCUT2D eigenvalue weighted by Crippen LogP contribution is 2.12. The Morgan fingerprint density at radius 2 is 1.96 bits per heavy atom. The van der Waals surface area contributed by atoms with Gasteiger partial charge in [-0.05, 0) is 44.9 Å². The standard InChI is InChI=1S/C17H20BrN3O2/c1-10(8-13-4-6-14(18)7-5-13)19-16(22)9-15-11(2)20-12(3)21-17(15)23/h4-7,10H,8-9H2,1-3H3,(H,19,22)(H,20,21,23)/t10-/m1/s1. The number of carbonyl (C=O) groups is 1. The van der Waals surface area contributed by atoms with Crippen molar-refractivity contribution in [3.63, 3.8) is 0 Å². The van der Waals surface area contributed by atoms with Gasteiger partial charge < -0.3 is 10.3 Å². The Hall–Kier alpha value is -1.95. The zero-order valence-electron chi connectivity index (χ0n) is 13.4. The number of nitrogens with zero attached hydrogens (tertiary/aromatic N) is 1. The molecule has 1 atom stereocenters. The second-order valence-corrected chi connectivity index (χ2v) is 6.61. The number of H-pyrrole nitrogens is 1. The normalized spacial score (nSPS) is 12.0. The number of nitrogens with one attached hydrogen (secondary N) is 2. The Morgan fingerprint density at radius 3 is 2.57 bits per heavy atom. The summed E-state index contributed by atoms with van der Waals surface area (Å²) < 4.78 is 1.03. The molecule has 0 saturated carbocycles. The molecule has 5 nitrogen and oxygen atoms in total. The van der Waals surface area contributed by atoms with Crippen LogP contribution in [0.3, 0.4) is 0 Å². The maximum absolute atomic E-state index is 12.2. The molecular formula is C17H20BrN3O2. The molecule has 6 heteroatoms. The quantitative estimate of drug-likeness (QED) is 0.839. The number of aryl methyl sites for hydroxylation is 2. The molecule has 122 valence electrons. The van der Waals surface area contributed by atoms with Crippen LogP contribution in [-0.4, -0.2) is 21.9 Å². The van der Waals surface area contributed by atoms with E-state index < -0.39 is 0 Å². The molecule has 2 N–H and O–H groups in total. The molecule has 0 fully saturated rings. The number of hydrogen-bond acceptors (Lipinski definition) is 3. The van der Waals surface area contributed by atoms with Gasteiger partial charge in [-0.15, -0.1) is 0 Å². The summed E-state index contributed by atoms with van der Waals surface area (Å²) >= 11 is 3.40. The third-order valence-corrected chi connectivity index (χ3v) is 4.07. The predicted octanol–water partition coefficient (Wildman–Crippen LogP) is 2.44. The maximum atomic E-state index is 12.2. The Bertz CT molecular complexity index is 753. The summed E-state index contributed by atoms with van der Waals surface area (Å²) in [7, 11) is 0. The van der Waals surface area contributed by atoms with Crippen LogP contribution in [0.4, 0.5) is 0 Å². The molecule has 0 aliphatic rings. The average molecular weight is 378 g/mol. The van der Waals surface area contributed by atoms with Gasteiger partial charge in [-0.2, -0.15) is 0 Å². The minimum atomic E-state index is -0.245. The third kappa shape index (κ3) is 5.03. The van der Waals surface area contributed by atoms with Crippen molar-refractivity contribution >= 4 is 21.8 Å². The summed E-state index contributed by atoms with van der Waals surface area (Å²) in [5.41, 5.74) is 1.92. The molecule has 1 amide bonds. The summed E-state index contributed by atoms with van der Waals surface area (Å²) in [4.78, 5) is 30.9. The van der Waals surface area contributed by atoms with Crippen molar-refractivity contribution in [1.82, 2.24) is 15.3 Å². The van der Waals surface area contributed by atoms with E-state index in [0.717, 1.165) is 16.5 Å². The lowest BCUT2D eigenvalue weighted by Crippen LogP contribution is -2.36. The minimum absolute atomic E-state index is 0.0125. The Labute approximate surface area is 143 Å². The summed E-state index contributed by atoms with van der Waals surface area (Å²) in [5, 5.41) is 2.93. The van der Waals surface area contributed by atoms with Gasteiger partial charge in [0.15, 0.2) is 0 Å². The van der Waals surface area contributed by atoms with E-state index in [4.69, 9.17) is 0 Å². The fourth-order valence-corrected chi connectivity index (χ4v) is 2.74. The van der Waals surface area contributed by atoms with Gasteiger partial charge in [-0.25, -0.2) is 4.98 Å². The van der Waals surface area contributed by atoms with E-state index in [-0.39, 0.29) is 23.9 Å². The number of benzene rings is 1. The van der Waals surface area contributed by atoms with Crippen molar-refractivity contribution in [2.75, 3.05) is 0 Å². The Balaban J connectivity index is 1.97. The van der Waals surface area contributed by atoms with Crippen molar-refractivity contribution in [1.29, 1.82) is 0 Å². The molecule has 0 radical (unpaired) electrons. The molecule has 2 rings (SSSR count). The van der Waals surface area contributed by atoms with Gasteiger partial charge >= 0.3 is 0 Å². The first-order valence-electron chi connectivity index (χ1n) is 7.45. The van der Waals surface area contributed by atoms with Crippen LogP contribution in [0, 0.1) is 13.8 Å². The number of hydrogen-bond donors (Lipinski definition) is 2. The van der Waals surface area contributed by atoms with E-state index >= 15 is 0 Å². The van der Waals surface area contributed by atoms with Crippen LogP contribution in [0.5, 0.6) is 0 Å². The molecular weight excluding hydrogens is 358 g/mol. The first-order valence-corrected chi connectivity index (χ1v) is 8.24. The van der Waals surface area contributed by atoms with E-state index in [2.05, 4.69) is 31.2 Å². The second kappa shape index (κ2) is 7.55. The lowest BCUT2D eigenvalue weighted by Gasteiger charge is -2.14. The zero-order valence-corrected chi connectivity index (χ0v) is 15.0. The summed E-state index contributed by atoms with van der Waals surface area (Å²) in [5.74, 6) is 0.383. The summed E-state index contributed by atoms with van der Waals surface area (Å²) in [6, 6.07) is 7.98. The monoisotopic (exact) mass is 377 g/mol. The predicted molar refractivity (Wildman–Crippen MR) is 93.5 cm³/mol. The van der Waals surface area contributed by atoms with Gasteiger partial charge in [0.25, 0.3) is 5.56 Å². The molecule has 1 aromatic carbocycles. The van der Waals surface area contributed by atoms with Crippen LogP contribution in [0.15, 0.2) is 33.5 Å². The summed E-state index contributed by atoms with van der Waals surface area (Å²) in [6.07, 6.45) is 0.777. The fourth-order valence-electron chi connectivity index (χ4n) is 2.47. The van der Waals surface area contributed by atoms with Gasteiger partial charge in [0.05, 0.1) is 6.42 Å². The third-order valence-electron chi connectivity index (χ3n) is 3.54. The number of halogens is 1. The first kappa shape index (κ1) is 17.4. The molecule has 0 aliphatic carbocycles. The molecule has 0 spiro atoms. The van der Waals surface area contributed by atoms with Crippen LogP contribution < -0.4 is 10.9 Å². The van der Waals surface area contributed by atoms with Crippen molar-refractivity contribution in [2.45, 2.75) is 39.7 Å².